The van der Waals surface area contributed by atoms with Gasteiger partial charge < -0.3 is 14.5 Å². The number of hydrogen-bond donors (Lipinski definition) is 1. The standard InChI is InChI=1S/C13H17N3O/c1-17-12-3-2-6-16-11(12)9-15-13(16)7-10-4-5-14-8-10/h2-3,6,9-10,14H,4-5,7-8H2,1H3. The molecule has 90 valence electrons. The molecule has 1 saturated heterocycles. The number of ether oxygens (including phenoxy) is 1. The predicted molar refractivity (Wildman–Crippen MR) is 66.4 cm³/mol. The molecule has 2 aromatic heterocycles. The molecule has 1 atom stereocenters. The van der Waals surface area contributed by atoms with Crippen molar-refractivity contribution in [2.75, 3.05) is 20.2 Å². The Balaban J connectivity index is 1.94. The molecule has 3 rings (SSSR count). The molecule has 3 heterocycles. The number of fused-ring (bicyclic) bond motifs is 1. The lowest BCUT2D eigenvalue weighted by atomic mass is 10.1. The van der Waals surface area contributed by atoms with Crippen LogP contribution in [0.5, 0.6) is 5.75 Å². The third-order valence-corrected chi connectivity index (χ3v) is 3.46. The van der Waals surface area contributed by atoms with E-state index >= 15 is 0 Å². The van der Waals surface area contributed by atoms with E-state index < -0.39 is 0 Å². The summed E-state index contributed by atoms with van der Waals surface area (Å²) in [7, 11) is 1.70. The van der Waals surface area contributed by atoms with Gasteiger partial charge in [0.15, 0.2) is 0 Å². The molecule has 2 aromatic rings. The molecule has 0 bridgehead atoms. The van der Waals surface area contributed by atoms with Crippen LogP contribution in [0.15, 0.2) is 24.5 Å². The van der Waals surface area contributed by atoms with Crippen molar-refractivity contribution in [2.24, 2.45) is 5.92 Å². The van der Waals surface area contributed by atoms with Crippen molar-refractivity contribution >= 4 is 5.52 Å². The van der Waals surface area contributed by atoms with Gasteiger partial charge in [-0.25, -0.2) is 4.98 Å². The highest BCUT2D eigenvalue weighted by molar-refractivity contribution is 5.59. The number of nitrogens with one attached hydrogen (secondary N) is 1. The fourth-order valence-corrected chi connectivity index (χ4v) is 2.52. The van der Waals surface area contributed by atoms with Crippen molar-refractivity contribution in [2.45, 2.75) is 12.8 Å². The van der Waals surface area contributed by atoms with Crippen LogP contribution in [0.3, 0.4) is 0 Å². The van der Waals surface area contributed by atoms with Crippen LogP contribution in [-0.4, -0.2) is 29.6 Å². The van der Waals surface area contributed by atoms with Crippen LogP contribution in [0.25, 0.3) is 5.52 Å². The Morgan fingerprint density at radius 1 is 1.59 bits per heavy atom. The molecule has 1 N–H and O–H groups in total. The van der Waals surface area contributed by atoms with Gasteiger partial charge in [-0.1, -0.05) is 0 Å². The molecule has 1 unspecified atom stereocenters. The van der Waals surface area contributed by atoms with Gasteiger partial charge in [0.05, 0.1) is 13.3 Å². The van der Waals surface area contributed by atoms with Gasteiger partial charge in [-0.15, -0.1) is 0 Å². The second-order valence-electron chi connectivity index (χ2n) is 4.57. The van der Waals surface area contributed by atoms with E-state index in [9.17, 15) is 0 Å². The van der Waals surface area contributed by atoms with Crippen LogP contribution in [0, 0.1) is 5.92 Å². The first-order valence-corrected chi connectivity index (χ1v) is 6.08. The topological polar surface area (TPSA) is 38.6 Å². The van der Waals surface area contributed by atoms with E-state index in [1.807, 2.05) is 18.3 Å². The number of aromatic nitrogens is 2. The number of nitrogens with zero attached hydrogens (tertiary/aromatic N) is 2. The number of imidazole rings is 1. The fourth-order valence-electron chi connectivity index (χ4n) is 2.52. The van der Waals surface area contributed by atoms with Gasteiger partial charge in [-0.05, 0) is 37.6 Å². The van der Waals surface area contributed by atoms with Crippen LogP contribution in [0.2, 0.25) is 0 Å². The zero-order valence-electron chi connectivity index (χ0n) is 10.0. The zero-order valence-corrected chi connectivity index (χ0v) is 10.0. The highest BCUT2D eigenvalue weighted by Crippen LogP contribution is 2.22. The fraction of sp³-hybridized carbons (Fsp3) is 0.462. The van der Waals surface area contributed by atoms with E-state index in [1.165, 1.54) is 6.42 Å². The Morgan fingerprint density at radius 2 is 2.53 bits per heavy atom. The van der Waals surface area contributed by atoms with Crippen molar-refractivity contribution in [3.8, 4) is 5.75 Å². The average Bonchev–Trinajstić information content (AvgIpc) is 2.99. The van der Waals surface area contributed by atoms with Crippen LogP contribution < -0.4 is 10.1 Å². The number of pyridine rings is 1. The van der Waals surface area contributed by atoms with E-state index in [0.717, 1.165) is 36.6 Å². The molecule has 1 aliphatic heterocycles. The van der Waals surface area contributed by atoms with Crippen molar-refractivity contribution in [1.29, 1.82) is 0 Å². The molecule has 0 saturated carbocycles. The summed E-state index contributed by atoms with van der Waals surface area (Å²) in [5.74, 6) is 2.73. The smallest absolute Gasteiger partial charge is 0.144 e. The summed E-state index contributed by atoms with van der Waals surface area (Å²) in [6, 6.07) is 3.97. The van der Waals surface area contributed by atoms with Crippen LogP contribution in [0.1, 0.15) is 12.2 Å². The minimum atomic E-state index is 0.715. The van der Waals surface area contributed by atoms with Gasteiger partial charge in [0, 0.05) is 12.6 Å². The molecule has 1 fully saturated rings. The van der Waals surface area contributed by atoms with Crippen LogP contribution in [-0.2, 0) is 6.42 Å². The highest BCUT2D eigenvalue weighted by atomic mass is 16.5. The third-order valence-electron chi connectivity index (χ3n) is 3.46. The Kier molecular flexibility index (Phi) is 2.73. The minimum absolute atomic E-state index is 0.715. The summed E-state index contributed by atoms with van der Waals surface area (Å²) in [6.45, 7) is 2.25. The van der Waals surface area contributed by atoms with Gasteiger partial charge in [-0.2, -0.15) is 0 Å². The molecule has 4 heteroatoms. The minimum Gasteiger partial charge on any atom is -0.494 e. The lowest BCUT2D eigenvalue weighted by Gasteiger charge is -2.08. The molecule has 0 radical (unpaired) electrons. The quantitative estimate of drug-likeness (QED) is 0.870. The molecule has 4 nitrogen and oxygen atoms in total. The number of rotatable bonds is 3. The number of hydrogen-bond acceptors (Lipinski definition) is 3. The molecule has 17 heavy (non-hydrogen) atoms. The third kappa shape index (κ3) is 1.89. The SMILES string of the molecule is COc1cccn2c(CC3CCNC3)ncc12. The second kappa shape index (κ2) is 4.37. The molecular formula is C13H17N3O. The van der Waals surface area contributed by atoms with Gasteiger partial charge in [0.2, 0.25) is 0 Å². The lowest BCUT2D eigenvalue weighted by molar-refractivity contribution is 0.417. The van der Waals surface area contributed by atoms with Gasteiger partial charge in [0.25, 0.3) is 0 Å². The van der Waals surface area contributed by atoms with Gasteiger partial charge >= 0.3 is 0 Å². The summed E-state index contributed by atoms with van der Waals surface area (Å²) < 4.78 is 7.47. The van der Waals surface area contributed by atoms with Crippen molar-refractivity contribution < 1.29 is 4.74 Å². The van der Waals surface area contributed by atoms with Crippen LogP contribution in [0.4, 0.5) is 0 Å². The Morgan fingerprint density at radius 3 is 3.29 bits per heavy atom. The summed E-state index contributed by atoms with van der Waals surface area (Å²) in [5.41, 5.74) is 1.05. The summed E-state index contributed by atoms with van der Waals surface area (Å²) >= 11 is 0. The largest absolute Gasteiger partial charge is 0.494 e. The molecule has 0 spiro atoms. The molecule has 0 aromatic carbocycles. The molecule has 1 aliphatic rings. The summed E-state index contributed by atoms with van der Waals surface area (Å²) in [4.78, 5) is 4.52. The lowest BCUT2D eigenvalue weighted by Crippen LogP contribution is -2.12. The maximum Gasteiger partial charge on any atom is 0.144 e. The van der Waals surface area contributed by atoms with E-state index in [2.05, 4.69) is 20.9 Å². The Bertz CT molecular complexity index is 514. The zero-order chi connectivity index (χ0) is 11.7. The maximum atomic E-state index is 5.34. The van der Waals surface area contributed by atoms with E-state index in [0.29, 0.717) is 5.92 Å². The normalized spacial score (nSPS) is 19.9. The Labute approximate surface area is 101 Å². The Hall–Kier alpha value is -1.55. The highest BCUT2D eigenvalue weighted by Gasteiger charge is 2.17. The summed E-state index contributed by atoms with van der Waals surface area (Å²) in [5, 5.41) is 3.39. The predicted octanol–water partition coefficient (Wildman–Crippen LogP) is 1.49. The van der Waals surface area contributed by atoms with Gasteiger partial charge in [0.1, 0.15) is 17.1 Å². The van der Waals surface area contributed by atoms with Crippen molar-refractivity contribution in [1.82, 2.24) is 14.7 Å². The molecular weight excluding hydrogens is 214 g/mol. The number of methoxy groups -OCH3 is 1. The average molecular weight is 231 g/mol. The van der Waals surface area contributed by atoms with E-state index in [1.54, 1.807) is 7.11 Å². The first kappa shape index (κ1) is 10.6. The summed E-state index contributed by atoms with van der Waals surface area (Å²) in [6.07, 6.45) is 6.24. The van der Waals surface area contributed by atoms with E-state index in [-0.39, 0.29) is 0 Å². The monoisotopic (exact) mass is 231 g/mol. The van der Waals surface area contributed by atoms with E-state index in [4.69, 9.17) is 4.74 Å². The maximum absolute atomic E-state index is 5.34. The second-order valence-corrected chi connectivity index (χ2v) is 4.57. The first-order valence-electron chi connectivity index (χ1n) is 6.08. The van der Waals surface area contributed by atoms with Crippen molar-refractivity contribution in [3.63, 3.8) is 0 Å². The van der Waals surface area contributed by atoms with Gasteiger partial charge in [-0.3, -0.25) is 0 Å². The molecule has 0 amide bonds. The first-order chi connectivity index (χ1) is 8.38. The van der Waals surface area contributed by atoms with Crippen LogP contribution >= 0.6 is 0 Å². The van der Waals surface area contributed by atoms with Crippen molar-refractivity contribution in [3.05, 3.63) is 30.4 Å². The molecule has 0 aliphatic carbocycles.